The van der Waals surface area contributed by atoms with E-state index < -0.39 is 66.1 Å². The minimum Gasteiger partial charge on any atom is -0.463 e. The van der Waals surface area contributed by atoms with Gasteiger partial charge in [-0.1, -0.05) is 84.9 Å². The number of aliphatic hydroxyl groups is 1. The van der Waals surface area contributed by atoms with E-state index in [1.165, 1.54) is 4.90 Å². The number of esters is 1. The average Bonchev–Trinajstić information content (AvgIpc) is 3.82. The van der Waals surface area contributed by atoms with Crippen LogP contribution in [0.15, 0.2) is 104 Å². The van der Waals surface area contributed by atoms with E-state index in [0.29, 0.717) is 31.4 Å². The van der Waals surface area contributed by atoms with Crippen molar-refractivity contribution in [2.24, 2.45) is 11.8 Å². The zero-order chi connectivity index (χ0) is 37.7. The van der Waals surface area contributed by atoms with Crippen molar-refractivity contribution in [2.75, 3.05) is 24.7 Å². The minimum absolute atomic E-state index is 0.100. The van der Waals surface area contributed by atoms with Crippen molar-refractivity contribution in [1.29, 1.82) is 0 Å². The number of fused-ring (bicyclic) bond motifs is 1. The van der Waals surface area contributed by atoms with E-state index in [1.807, 2.05) is 92.7 Å². The molecule has 3 heterocycles. The number of likely N-dealkylation sites (tertiary alicyclic amines) is 1. The normalized spacial score (nSPS) is 23.9. The molecule has 3 saturated heterocycles. The molecule has 3 fully saturated rings. The molecule has 0 aliphatic carbocycles. The Hall–Kier alpha value is -5.06. The maximum atomic E-state index is 15.2. The Kier molecular flexibility index (Phi) is 11.6. The monoisotopic (exact) mass is 719 g/mol. The van der Waals surface area contributed by atoms with Gasteiger partial charge in [-0.05, 0) is 67.9 Å². The standard InChI is InChI=1S/C43H49N3O7/c1-5-7-18-36(48)52-27-33(31-16-12-9-13-17-31)44-40(49)37-35-21-22-43(53-35)38(37)41(50)46(32(26-47)25-30-14-10-8-11-15-30)39(43)42(51)45(23-6-2)34-24-28(3)19-20-29(34)4/h5-6,8-17,19-20,24,32-33,35,37-39,47H,1-2,7,18,21-23,25-27H2,3-4H3,(H,44,49)/t32-,33+,35+,37-,38-,39+,43-/m1/s1. The summed E-state index contributed by atoms with van der Waals surface area (Å²) in [5.41, 5.74) is 2.87. The van der Waals surface area contributed by atoms with Crippen molar-refractivity contribution in [1.82, 2.24) is 10.2 Å². The number of nitrogens with zero attached hydrogens (tertiary/aromatic N) is 2. The van der Waals surface area contributed by atoms with Crippen molar-refractivity contribution < 1.29 is 33.8 Å². The topological polar surface area (TPSA) is 125 Å². The lowest BCUT2D eigenvalue weighted by Gasteiger charge is -2.39. The van der Waals surface area contributed by atoms with Gasteiger partial charge in [0.25, 0.3) is 5.91 Å². The molecule has 10 heteroatoms. The highest BCUT2D eigenvalue weighted by Crippen LogP contribution is 2.59. The van der Waals surface area contributed by atoms with Crippen LogP contribution in [-0.2, 0) is 35.1 Å². The highest BCUT2D eigenvalue weighted by molar-refractivity contribution is 6.05. The second kappa shape index (κ2) is 16.3. The van der Waals surface area contributed by atoms with E-state index in [2.05, 4.69) is 18.5 Å². The number of amides is 3. The molecule has 3 aliphatic heterocycles. The van der Waals surface area contributed by atoms with Crippen molar-refractivity contribution in [3.8, 4) is 0 Å². The van der Waals surface area contributed by atoms with Gasteiger partial charge in [-0.2, -0.15) is 0 Å². The summed E-state index contributed by atoms with van der Waals surface area (Å²) in [6, 6.07) is 22.1. The molecule has 1 spiro atoms. The Morgan fingerprint density at radius 2 is 1.77 bits per heavy atom. The molecule has 0 saturated carbocycles. The van der Waals surface area contributed by atoms with Crippen molar-refractivity contribution >= 4 is 29.4 Å². The number of carbonyl (C=O) groups excluding carboxylic acids is 4. The molecule has 7 atom stereocenters. The molecular formula is C43H49N3O7. The fourth-order valence-electron chi connectivity index (χ4n) is 8.44. The first-order valence-electron chi connectivity index (χ1n) is 18.4. The van der Waals surface area contributed by atoms with Gasteiger partial charge >= 0.3 is 5.97 Å². The summed E-state index contributed by atoms with van der Waals surface area (Å²) in [5, 5.41) is 14.0. The predicted molar refractivity (Wildman–Crippen MR) is 202 cm³/mol. The summed E-state index contributed by atoms with van der Waals surface area (Å²) in [5.74, 6) is -3.46. The minimum atomic E-state index is -1.30. The van der Waals surface area contributed by atoms with Crippen LogP contribution >= 0.6 is 0 Å². The van der Waals surface area contributed by atoms with E-state index >= 15 is 4.79 Å². The number of hydrogen-bond donors (Lipinski definition) is 2. The first kappa shape index (κ1) is 37.7. The molecule has 10 nitrogen and oxygen atoms in total. The lowest BCUT2D eigenvalue weighted by Crippen LogP contribution is -2.59. The lowest BCUT2D eigenvalue weighted by molar-refractivity contribution is -0.146. The van der Waals surface area contributed by atoms with Crippen LogP contribution in [0.1, 0.15) is 54.0 Å². The largest absolute Gasteiger partial charge is 0.463 e. The molecule has 0 radical (unpaired) electrons. The van der Waals surface area contributed by atoms with E-state index in [-0.39, 0.29) is 25.5 Å². The number of carbonyl (C=O) groups is 4. The maximum Gasteiger partial charge on any atom is 0.306 e. The first-order chi connectivity index (χ1) is 25.6. The van der Waals surface area contributed by atoms with Gasteiger partial charge in [-0.25, -0.2) is 0 Å². The van der Waals surface area contributed by atoms with Crippen LogP contribution in [0.5, 0.6) is 0 Å². The van der Waals surface area contributed by atoms with Gasteiger partial charge in [0.2, 0.25) is 11.8 Å². The molecule has 0 aromatic heterocycles. The first-order valence-corrected chi connectivity index (χ1v) is 18.4. The molecule has 3 aromatic carbocycles. The number of rotatable bonds is 16. The number of benzene rings is 3. The zero-order valence-corrected chi connectivity index (χ0v) is 30.5. The summed E-state index contributed by atoms with van der Waals surface area (Å²) >= 11 is 0. The summed E-state index contributed by atoms with van der Waals surface area (Å²) < 4.78 is 12.3. The van der Waals surface area contributed by atoms with Crippen LogP contribution in [0, 0.1) is 25.7 Å². The van der Waals surface area contributed by atoms with Gasteiger partial charge < -0.3 is 29.7 Å². The number of aryl methyl sites for hydroxylation is 2. The fourth-order valence-corrected chi connectivity index (χ4v) is 8.44. The number of nitrogens with one attached hydrogen (secondary N) is 1. The lowest BCUT2D eigenvalue weighted by atomic mass is 9.70. The van der Waals surface area contributed by atoms with Crippen LogP contribution in [0.3, 0.4) is 0 Å². The Morgan fingerprint density at radius 1 is 1.06 bits per heavy atom. The Labute approximate surface area is 311 Å². The second-order valence-electron chi connectivity index (χ2n) is 14.3. The molecule has 53 heavy (non-hydrogen) atoms. The molecular weight excluding hydrogens is 670 g/mol. The predicted octanol–water partition coefficient (Wildman–Crippen LogP) is 5.17. The van der Waals surface area contributed by atoms with Crippen LogP contribution < -0.4 is 10.2 Å². The molecule has 0 unspecified atom stereocenters. The summed E-state index contributed by atoms with van der Waals surface area (Å²) in [6.45, 7) is 11.2. The number of allylic oxidation sites excluding steroid dienone is 1. The van der Waals surface area contributed by atoms with E-state index in [9.17, 15) is 19.5 Å². The molecule has 3 aromatic rings. The van der Waals surface area contributed by atoms with E-state index in [4.69, 9.17) is 9.47 Å². The number of aliphatic hydroxyl groups excluding tert-OH is 1. The molecule has 6 rings (SSSR count). The van der Waals surface area contributed by atoms with Gasteiger partial charge in [-0.3, -0.25) is 19.2 Å². The molecule has 3 amide bonds. The van der Waals surface area contributed by atoms with Crippen molar-refractivity contribution in [3.05, 3.63) is 126 Å². The quantitative estimate of drug-likeness (QED) is 0.155. The van der Waals surface area contributed by atoms with Crippen LogP contribution in [0.2, 0.25) is 0 Å². The molecule has 2 N–H and O–H groups in total. The third kappa shape index (κ3) is 7.43. The molecule has 3 aliphatic rings. The highest BCUT2D eigenvalue weighted by atomic mass is 16.5. The van der Waals surface area contributed by atoms with E-state index in [0.717, 1.165) is 22.3 Å². The molecule has 2 bridgehead atoms. The van der Waals surface area contributed by atoms with Gasteiger partial charge in [-0.15, -0.1) is 13.2 Å². The van der Waals surface area contributed by atoms with Crippen LogP contribution in [0.25, 0.3) is 0 Å². The smallest absolute Gasteiger partial charge is 0.306 e. The highest BCUT2D eigenvalue weighted by Gasteiger charge is 2.75. The summed E-state index contributed by atoms with van der Waals surface area (Å²) in [4.78, 5) is 60.3. The van der Waals surface area contributed by atoms with Crippen molar-refractivity contribution in [3.63, 3.8) is 0 Å². The SMILES string of the molecule is C=CCCC(=O)OC[C@H](NC(=O)[C@@H]1[C@@H]2CC[C@]3(O2)[C@H](C(=O)N(CC=C)c2cc(C)ccc2C)N([C@@H](CO)Cc2ccccc2)C(=O)[C@@H]13)c1ccccc1. The van der Waals surface area contributed by atoms with Crippen LogP contribution in [-0.4, -0.2) is 77.2 Å². The zero-order valence-electron chi connectivity index (χ0n) is 30.5. The Bertz CT molecular complexity index is 1830. The van der Waals surface area contributed by atoms with E-state index in [1.54, 1.807) is 17.1 Å². The fraction of sp³-hybridized carbons (Fsp3) is 0.395. The van der Waals surface area contributed by atoms with Crippen molar-refractivity contribution in [2.45, 2.75) is 75.8 Å². The average molecular weight is 720 g/mol. The summed E-state index contributed by atoms with van der Waals surface area (Å²) in [6.07, 6.45) is 4.49. The van der Waals surface area contributed by atoms with Gasteiger partial charge in [0.1, 0.15) is 18.2 Å². The summed E-state index contributed by atoms with van der Waals surface area (Å²) in [7, 11) is 0. The Balaban J connectivity index is 1.37. The number of anilines is 1. The molecule has 278 valence electrons. The Morgan fingerprint density at radius 3 is 2.45 bits per heavy atom. The van der Waals surface area contributed by atoms with Crippen LogP contribution in [0.4, 0.5) is 5.69 Å². The van der Waals surface area contributed by atoms with Gasteiger partial charge in [0, 0.05) is 18.7 Å². The number of hydrogen-bond acceptors (Lipinski definition) is 7. The third-order valence-electron chi connectivity index (χ3n) is 10.9. The number of ether oxygens (including phenoxy) is 2. The second-order valence-corrected chi connectivity index (χ2v) is 14.3. The van der Waals surface area contributed by atoms with Gasteiger partial charge in [0.15, 0.2) is 0 Å². The third-order valence-corrected chi connectivity index (χ3v) is 10.9. The van der Waals surface area contributed by atoms with Gasteiger partial charge in [0.05, 0.1) is 36.6 Å². The maximum absolute atomic E-state index is 15.2.